The zero-order valence-electron chi connectivity index (χ0n) is 12.4. The molecule has 20 heavy (non-hydrogen) atoms. The minimum absolute atomic E-state index is 0.274. The van der Waals surface area contributed by atoms with Crippen molar-refractivity contribution in [2.24, 2.45) is 11.8 Å². The Balaban J connectivity index is 1.72. The molecule has 1 aliphatic carbocycles. The second-order valence-corrected chi connectivity index (χ2v) is 7.33. The first-order chi connectivity index (χ1) is 9.69. The molecule has 1 saturated heterocycles. The third-order valence-corrected chi connectivity index (χ3v) is 5.75. The second-order valence-electron chi connectivity index (χ2n) is 6.36. The highest BCUT2D eigenvalue weighted by Gasteiger charge is 2.30. The van der Waals surface area contributed by atoms with Crippen LogP contribution in [0.25, 0.3) is 0 Å². The van der Waals surface area contributed by atoms with Crippen LogP contribution in [0.5, 0.6) is 0 Å². The predicted octanol–water partition coefficient (Wildman–Crippen LogP) is 2.55. The topological polar surface area (TPSA) is 32.3 Å². The lowest BCUT2D eigenvalue weighted by atomic mass is 9.88. The standard InChI is InChI=1S/C16H24N2OS/c1-11-3-4-13-14(10-20-15(13)7-11)16(19)18-6-5-12(9-18)8-17-2/h10-12,17H,3-9H2,1-2H3. The van der Waals surface area contributed by atoms with Gasteiger partial charge in [-0.25, -0.2) is 0 Å². The zero-order valence-corrected chi connectivity index (χ0v) is 13.3. The summed E-state index contributed by atoms with van der Waals surface area (Å²) in [6.45, 7) is 5.17. The molecule has 4 heteroatoms. The van der Waals surface area contributed by atoms with E-state index in [2.05, 4.69) is 22.5 Å². The van der Waals surface area contributed by atoms with E-state index in [0.717, 1.165) is 50.4 Å². The fraction of sp³-hybridized carbons (Fsp3) is 0.688. The number of carbonyl (C=O) groups is 1. The van der Waals surface area contributed by atoms with Gasteiger partial charge in [0.05, 0.1) is 5.56 Å². The Kier molecular flexibility index (Phi) is 4.13. The van der Waals surface area contributed by atoms with Gasteiger partial charge in [0.25, 0.3) is 5.91 Å². The molecule has 0 aromatic carbocycles. The molecule has 0 spiro atoms. The Morgan fingerprint density at radius 2 is 2.35 bits per heavy atom. The van der Waals surface area contributed by atoms with Crippen molar-refractivity contribution in [3.63, 3.8) is 0 Å². The van der Waals surface area contributed by atoms with E-state index < -0.39 is 0 Å². The van der Waals surface area contributed by atoms with Gasteiger partial charge < -0.3 is 10.2 Å². The third kappa shape index (κ3) is 2.63. The molecule has 2 aliphatic rings. The maximum atomic E-state index is 12.7. The largest absolute Gasteiger partial charge is 0.338 e. The normalized spacial score (nSPS) is 25.8. The first kappa shape index (κ1) is 14.1. The molecule has 2 unspecified atom stereocenters. The fourth-order valence-corrected chi connectivity index (χ4v) is 4.74. The van der Waals surface area contributed by atoms with Crippen LogP contribution in [-0.4, -0.2) is 37.5 Å². The minimum Gasteiger partial charge on any atom is -0.338 e. The number of fused-ring (bicyclic) bond motifs is 1. The Labute approximate surface area is 125 Å². The first-order valence-corrected chi connectivity index (χ1v) is 8.60. The maximum absolute atomic E-state index is 12.7. The van der Waals surface area contributed by atoms with Crippen molar-refractivity contribution in [2.75, 3.05) is 26.7 Å². The number of hydrogen-bond acceptors (Lipinski definition) is 3. The maximum Gasteiger partial charge on any atom is 0.254 e. The van der Waals surface area contributed by atoms with Gasteiger partial charge in [-0.1, -0.05) is 6.92 Å². The molecule has 1 fully saturated rings. The molecule has 1 aromatic heterocycles. The van der Waals surface area contributed by atoms with Crippen molar-refractivity contribution >= 4 is 17.2 Å². The number of hydrogen-bond donors (Lipinski definition) is 1. The highest BCUT2D eigenvalue weighted by atomic mass is 32.1. The van der Waals surface area contributed by atoms with Crippen molar-refractivity contribution in [3.05, 3.63) is 21.4 Å². The number of nitrogens with zero attached hydrogens (tertiary/aromatic N) is 1. The van der Waals surface area contributed by atoms with Crippen molar-refractivity contribution in [1.29, 1.82) is 0 Å². The van der Waals surface area contributed by atoms with E-state index in [1.165, 1.54) is 16.9 Å². The van der Waals surface area contributed by atoms with E-state index in [4.69, 9.17) is 0 Å². The lowest BCUT2D eigenvalue weighted by Gasteiger charge is -2.21. The summed E-state index contributed by atoms with van der Waals surface area (Å²) in [5, 5.41) is 5.33. The molecule has 1 N–H and O–H groups in total. The summed E-state index contributed by atoms with van der Waals surface area (Å²) in [6, 6.07) is 0. The highest BCUT2D eigenvalue weighted by Crippen LogP contribution is 2.34. The molecule has 3 nitrogen and oxygen atoms in total. The quantitative estimate of drug-likeness (QED) is 0.928. The van der Waals surface area contributed by atoms with Crippen LogP contribution in [0, 0.1) is 11.8 Å². The molecular weight excluding hydrogens is 268 g/mol. The Morgan fingerprint density at radius 3 is 3.15 bits per heavy atom. The van der Waals surface area contributed by atoms with E-state index in [0.29, 0.717) is 5.92 Å². The minimum atomic E-state index is 0.274. The molecular formula is C16H24N2OS. The van der Waals surface area contributed by atoms with Crippen LogP contribution >= 0.6 is 11.3 Å². The summed E-state index contributed by atoms with van der Waals surface area (Å²) in [5.41, 5.74) is 2.36. The number of thiophene rings is 1. The second kappa shape index (κ2) is 5.86. The van der Waals surface area contributed by atoms with Crippen LogP contribution in [0.15, 0.2) is 5.38 Å². The molecule has 2 heterocycles. The van der Waals surface area contributed by atoms with Crippen LogP contribution in [0.2, 0.25) is 0 Å². The summed E-state index contributed by atoms with van der Waals surface area (Å²) in [6.07, 6.45) is 4.62. The van der Waals surface area contributed by atoms with Crippen LogP contribution < -0.4 is 5.32 Å². The van der Waals surface area contributed by atoms with Gasteiger partial charge in [0.1, 0.15) is 0 Å². The summed E-state index contributed by atoms with van der Waals surface area (Å²) >= 11 is 1.79. The van der Waals surface area contributed by atoms with Crippen LogP contribution in [0.1, 0.15) is 40.6 Å². The van der Waals surface area contributed by atoms with Crippen molar-refractivity contribution in [3.8, 4) is 0 Å². The van der Waals surface area contributed by atoms with Gasteiger partial charge in [0, 0.05) is 23.3 Å². The van der Waals surface area contributed by atoms with Crippen LogP contribution in [0.4, 0.5) is 0 Å². The Hall–Kier alpha value is -0.870. The Morgan fingerprint density at radius 1 is 1.50 bits per heavy atom. The smallest absolute Gasteiger partial charge is 0.254 e. The first-order valence-electron chi connectivity index (χ1n) is 7.72. The molecule has 0 radical (unpaired) electrons. The summed E-state index contributed by atoms with van der Waals surface area (Å²) < 4.78 is 0. The van der Waals surface area contributed by atoms with E-state index in [9.17, 15) is 4.79 Å². The van der Waals surface area contributed by atoms with Crippen LogP contribution in [-0.2, 0) is 12.8 Å². The molecule has 1 aromatic rings. The zero-order chi connectivity index (χ0) is 14.1. The van der Waals surface area contributed by atoms with Crippen LogP contribution in [0.3, 0.4) is 0 Å². The van der Waals surface area contributed by atoms with Gasteiger partial charge in [-0.05, 0) is 56.7 Å². The van der Waals surface area contributed by atoms with Crippen molar-refractivity contribution in [1.82, 2.24) is 10.2 Å². The molecule has 2 atom stereocenters. The van der Waals surface area contributed by atoms with Gasteiger partial charge in [-0.3, -0.25) is 4.79 Å². The van der Waals surface area contributed by atoms with E-state index in [1.54, 1.807) is 11.3 Å². The molecule has 1 amide bonds. The average Bonchev–Trinajstić information content (AvgIpc) is 3.04. The number of carbonyl (C=O) groups excluding carboxylic acids is 1. The summed E-state index contributed by atoms with van der Waals surface area (Å²) in [4.78, 5) is 16.2. The summed E-state index contributed by atoms with van der Waals surface area (Å²) in [5.74, 6) is 1.67. The monoisotopic (exact) mass is 292 g/mol. The van der Waals surface area contributed by atoms with Gasteiger partial charge in [-0.2, -0.15) is 0 Å². The molecule has 0 saturated carbocycles. The molecule has 110 valence electrons. The fourth-order valence-electron chi connectivity index (χ4n) is 3.50. The lowest BCUT2D eigenvalue weighted by Crippen LogP contribution is -2.31. The predicted molar refractivity (Wildman–Crippen MR) is 83.4 cm³/mol. The van der Waals surface area contributed by atoms with Gasteiger partial charge >= 0.3 is 0 Å². The van der Waals surface area contributed by atoms with Gasteiger partial charge in [0.2, 0.25) is 0 Å². The SMILES string of the molecule is CNCC1CCN(C(=O)c2csc3c2CCC(C)C3)C1. The average molecular weight is 292 g/mol. The Bertz CT molecular complexity index is 497. The molecule has 0 bridgehead atoms. The molecule has 1 aliphatic heterocycles. The van der Waals surface area contributed by atoms with E-state index in [1.807, 2.05) is 7.05 Å². The van der Waals surface area contributed by atoms with Crippen molar-refractivity contribution in [2.45, 2.75) is 32.6 Å². The third-order valence-electron chi connectivity index (χ3n) is 4.70. The summed E-state index contributed by atoms with van der Waals surface area (Å²) in [7, 11) is 1.99. The lowest BCUT2D eigenvalue weighted by molar-refractivity contribution is 0.0786. The van der Waals surface area contributed by atoms with Gasteiger partial charge in [0.15, 0.2) is 0 Å². The van der Waals surface area contributed by atoms with Gasteiger partial charge in [-0.15, -0.1) is 11.3 Å². The molecule has 3 rings (SSSR count). The number of rotatable bonds is 3. The number of amides is 1. The van der Waals surface area contributed by atoms with E-state index in [-0.39, 0.29) is 5.91 Å². The number of nitrogens with one attached hydrogen (secondary N) is 1. The van der Waals surface area contributed by atoms with Crippen molar-refractivity contribution < 1.29 is 4.79 Å². The van der Waals surface area contributed by atoms with E-state index >= 15 is 0 Å². The highest BCUT2D eigenvalue weighted by molar-refractivity contribution is 7.10. The number of likely N-dealkylation sites (tertiary alicyclic amines) is 1.